The summed E-state index contributed by atoms with van der Waals surface area (Å²) in [6.07, 6.45) is 2.11. The Kier molecular flexibility index (Phi) is 3.26. The van der Waals surface area contributed by atoms with Crippen molar-refractivity contribution in [3.63, 3.8) is 0 Å². The van der Waals surface area contributed by atoms with E-state index < -0.39 is 6.10 Å². The van der Waals surface area contributed by atoms with Gasteiger partial charge in [-0.15, -0.1) is 0 Å². The van der Waals surface area contributed by atoms with Crippen LogP contribution in [0.4, 0.5) is 0 Å². The molecule has 0 aliphatic carbocycles. The first-order valence-electron chi connectivity index (χ1n) is 4.21. The predicted octanol–water partition coefficient (Wildman–Crippen LogP) is 1.07. The smallest absolute Gasteiger partial charge is 0.161 e. The zero-order chi connectivity index (χ0) is 9.14. The van der Waals surface area contributed by atoms with Crippen molar-refractivity contribution >= 4 is 0 Å². The van der Waals surface area contributed by atoms with Gasteiger partial charge in [0.05, 0.1) is 12.2 Å². The van der Waals surface area contributed by atoms with Gasteiger partial charge in [-0.05, 0) is 19.4 Å². The van der Waals surface area contributed by atoms with Crippen LogP contribution < -0.4 is 0 Å². The molecule has 1 aliphatic heterocycles. The maximum Gasteiger partial charge on any atom is 0.161 e. The van der Waals surface area contributed by atoms with Crippen LogP contribution in [-0.4, -0.2) is 30.7 Å². The molecule has 3 unspecified atom stereocenters. The van der Waals surface area contributed by atoms with Gasteiger partial charge in [-0.2, -0.15) is 0 Å². The lowest BCUT2D eigenvalue weighted by molar-refractivity contribution is -0.148. The molecule has 3 nitrogen and oxygen atoms in total. The molecule has 0 aromatic rings. The Morgan fingerprint density at radius 3 is 2.83 bits per heavy atom. The lowest BCUT2D eigenvalue weighted by Crippen LogP contribution is -2.30. The van der Waals surface area contributed by atoms with Crippen molar-refractivity contribution in [1.29, 1.82) is 0 Å². The van der Waals surface area contributed by atoms with Crippen molar-refractivity contribution in [1.82, 2.24) is 0 Å². The molecule has 1 N–H and O–H groups in total. The van der Waals surface area contributed by atoms with E-state index in [1.165, 1.54) is 0 Å². The minimum absolute atomic E-state index is 0.0382. The Bertz CT molecular complexity index is 175. The van der Waals surface area contributed by atoms with Crippen LogP contribution in [0.1, 0.15) is 20.3 Å². The van der Waals surface area contributed by atoms with E-state index in [1.807, 2.05) is 13.0 Å². The molecule has 0 aromatic carbocycles. The Labute approximate surface area is 73.0 Å². The molecule has 12 heavy (non-hydrogen) atoms. The topological polar surface area (TPSA) is 38.7 Å². The van der Waals surface area contributed by atoms with Crippen LogP contribution in [0, 0.1) is 0 Å². The Hall–Kier alpha value is -0.380. The Morgan fingerprint density at radius 2 is 2.42 bits per heavy atom. The molecule has 0 fully saturated rings. The minimum Gasteiger partial charge on any atom is -0.389 e. The number of methoxy groups -OCH3 is 1. The maximum atomic E-state index is 9.32. The fourth-order valence-electron chi connectivity index (χ4n) is 1.42. The van der Waals surface area contributed by atoms with E-state index in [0.29, 0.717) is 0 Å². The van der Waals surface area contributed by atoms with Crippen LogP contribution in [0.2, 0.25) is 0 Å². The average Bonchev–Trinajstić information content (AvgIpc) is 2.03. The Balaban J connectivity index is 2.61. The van der Waals surface area contributed by atoms with Crippen LogP contribution in [-0.2, 0) is 9.47 Å². The van der Waals surface area contributed by atoms with Gasteiger partial charge in [0.2, 0.25) is 0 Å². The summed E-state index contributed by atoms with van der Waals surface area (Å²) in [5.74, 6) is 0. The van der Waals surface area contributed by atoms with E-state index in [2.05, 4.69) is 0 Å². The van der Waals surface area contributed by atoms with Crippen LogP contribution in [0.3, 0.4) is 0 Å². The van der Waals surface area contributed by atoms with Gasteiger partial charge in [0.25, 0.3) is 0 Å². The number of aliphatic hydroxyl groups excluding tert-OH is 1. The van der Waals surface area contributed by atoms with Crippen LogP contribution in [0.15, 0.2) is 11.6 Å². The largest absolute Gasteiger partial charge is 0.389 e. The van der Waals surface area contributed by atoms with Crippen molar-refractivity contribution in [2.75, 3.05) is 7.11 Å². The molecule has 70 valence electrons. The number of hydrogen-bond acceptors (Lipinski definition) is 3. The van der Waals surface area contributed by atoms with Crippen molar-refractivity contribution in [3.05, 3.63) is 11.6 Å². The summed E-state index contributed by atoms with van der Waals surface area (Å²) in [7, 11) is 1.62. The first kappa shape index (κ1) is 9.71. The monoisotopic (exact) mass is 172 g/mol. The highest BCUT2D eigenvalue weighted by atomic mass is 16.7. The van der Waals surface area contributed by atoms with E-state index in [-0.39, 0.29) is 12.4 Å². The molecule has 1 heterocycles. The molecule has 0 radical (unpaired) electrons. The summed E-state index contributed by atoms with van der Waals surface area (Å²) in [5, 5.41) is 9.32. The van der Waals surface area contributed by atoms with Gasteiger partial charge in [-0.1, -0.05) is 6.08 Å². The second-order valence-corrected chi connectivity index (χ2v) is 3.06. The molecular formula is C9H16O3. The highest BCUT2D eigenvalue weighted by molar-refractivity contribution is 5.14. The van der Waals surface area contributed by atoms with E-state index in [0.717, 1.165) is 12.0 Å². The number of ether oxygens (including phenoxy) is 2. The summed E-state index contributed by atoms with van der Waals surface area (Å²) < 4.78 is 10.5. The first-order valence-corrected chi connectivity index (χ1v) is 4.21. The third kappa shape index (κ3) is 2.06. The molecule has 1 rings (SSSR count). The third-order valence-corrected chi connectivity index (χ3v) is 2.12. The molecule has 0 saturated carbocycles. The maximum absolute atomic E-state index is 9.32. The zero-order valence-electron chi connectivity index (χ0n) is 7.78. The van der Waals surface area contributed by atoms with E-state index in [9.17, 15) is 5.11 Å². The van der Waals surface area contributed by atoms with E-state index in [4.69, 9.17) is 9.47 Å². The number of rotatable bonds is 2. The van der Waals surface area contributed by atoms with Gasteiger partial charge in [0.15, 0.2) is 6.29 Å². The fraction of sp³-hybridized carbons (Fsp3) is 0.778. The average molecular weight is 172 g/mol. The van der Waals surface area contributed by atoms with Crippen LogP contribution >= 0.6 is 0 Å². The molecule has 0 amide bonds. The lowest BCUT2D eigenvalue weighted by atomic mass is 10.0. The minimum atomic E-state index is -0.419. The third-order valence-electron chi connectivity index (χ3n) is 2.12. The summed E-state index contributed by atoms with van der Waals surface area (Å²) >= 11 is 0. The van der Waals surface area contributed by atoms with Crippen molar-refractivity contribution < 1.29 is 14.6 Å². The van der Waals surface area contributed by atoms with Crippen LogP contribution in [0.25, 0.3) is 0 Å². The van der Waals surface area contributed by atoms with Crippen LogP contribution in [0.5, 0.6) is 0 Å². The predicted molar refractivity (Wildman–Crippen MR) is 45.7 cm³/mol. The standard InChI is InChI=1S/C9H16O3/c1-6(10)8-4-5-9(11-3)12-7(8)2/h4,6-7,9-10H,5H2,1-3H3. The highest BCUT2D eigenvalue weighted by Crippen LogP contribution is 2.21. The van der Waals surface area contributed by atoms with Gasteiger partial charge in [-0.25, -0.2) is 0 Å². The molecule has 3 atom stereocenters. The highest BCUT2D eigenvalue weighted by Gasteiger charge is 2.23. The van der Waals surface area contributed by atoms with Gasteiger partial charge in [0.1, 0.15) is 0 Å². The molecular weight excluding hydrogens is 156 g/mol. The number of hydrogen-bond donors (Lipinski definition) is 1. The molecule has 0 saturated heterocycles. The molecule has 1 aliphatic rings. The normalized spacial score (nSPS) is 32.8. The summed E-state index contributed by atoms with van der Waals surface area (Å²) in [4.78, 5) is 0. The van der Waals surface area contributed by atoms with Gasteiger partial charge in [-0.3, -0.25) is 0 Å². The van der Waals surface area contributed by atoms with E-state index in [1.54, 1.807) is 14.0 Å². The second-order valence-electron chi connectivity index (χ2n) is 3.06. The molecule has 0 aromatic heterocycles. The summed E-state index contributed by atoms with van der Waals surface area (Å²) in [5.41, 5.74) is 0.948. The van der Waals surface area contributed by atoms with Gasteiger partial charge < -0.3 is 14.6 Å². The zero-order valence-corrected chi connectivity index (χ0v) is 7.78. The first-order chi connectivity index (χ1) is 5.65. The van der Waals surface area contributed by atoms with Gasteiger partial charge >= 0.3 is 0 Å². The molecule has 3 heteroatoms. The van der Waals surface area contributed by atoms with E-state index >= 15 is 0 Å². The summed E-state index contributed by atoms with van der Waals surface area (Å²) in [6.45, 7) is 3.67. The quantitative estimate of drug-likeness (QED) is 0.633. The molecule has 0 spiro atoms. The fourth-order valence-corrected chi connectivity index (χ4v) is 1.42. The second kappa shape index (κ2) is 4.03. The molecule has 0 bridgehead atoms. The number of aliphatic hydroxyl groups is 1. The Morgan fingerprint density at radius 1 is 1.75 bits per heavy atom. The van der Waals surface area contributed by atoms with Crippen molar-refractivity contribution in [2.45, 2.75) is 38.8 Å². The lowest BCUT2D eigenvalue weighted by Gasteiger charge is -2.28. The van der Waals surface area contributed by atoms with Crippen molar-refractivity contribution in [2.24, 2.45) is 0 Å². The SMILES string of the molecule is COC1CC=C(C(C)O)C(C)O1. The van der Waals surface area contributed by atoms with Crippen molar-refractivity contribution in [3.8, 4) is 0 Å². The van der Waals surface area contributed by atoms with Gasteiger partial charge in [0, 0.05) is 13.5 Å². The summed E-state index contributed by atoms with van der Waals surface area (Å²) in [6, 6.07) is 0.